The molecule has 3 aromatic carbocycles. The van der Waals surface area contributed by atoms with Crippen molar-refractivity contribution >= 4 is 61.5 Å². The summed E-state index contributed by atoms with van der Waals surface area (Å²) in [5, 5.41) is 20.2. The molecule has 0 aliphatic rings. The number of benzene rings is 3. The molecule has 11 heteroatoms. The van der Waals surface area contributed by atoms with Gasteiger partial charge in [-0.1, -0.05) is 40.9 Å². The van der Waals surface area contributed by atoms with Crippen LogP contribution in [0.15, 0.2) is 64.5 Å². The fraction of sp³-hybridized carbons (Fsp3) is 0.0870. The average molecular weight is 540 g/mol. The van der Waals surface area contributed by atoms with Gasteiger partial charge in [0, 0.05) is 27.7 Å². The third-order valence-corrected chi connectivity index (χ3v) is 8.10. The molecule has 1 heterocycles. The normalized spacial score (nSPS) is 12.7. The van der Waals surface area contributed by atoms with Crippen LogP contribution in [0.25, 0.3) is 22.0 Å². The van der Waals surface area contributed by atoms with Crippen LogP contribution in [-0.2, 0) is 21.1 Å². The van der Waals surface area contributed by atoms with Gasteiger partial charge in [-0.2, -0.15) is 0 Å². The van der Waals surface area contributed by atoms with Crippen LogP contribution in [0.1, 0.15) is 5.56 Å². The summed E-state index contributed by atoms with van der Waals surface area (Å²) in [6.45, 7) is 0. The second-order valence-electron chi connectivity index (χ2n) is 7.57. The Kier molecular flexibility index (Phi) is 6.54. The van der Waals surface area contributed by atoms with Gasteiger partial charge in [0.1, 0.15) is 6.04 Å². The lowest BCUT2D eigenvalue weighted by Crippen LogP contribution is -2.32. The van der Waals surface area contributed by atoms with Gasteiger partial charge in [-0.3, -0.25) is 4.79 Å². The average Bonchev–Trinajstić information content (AvgIpc) is 3.22. The first-order valence-corrected chi connectivity index (χ1v) is 12.4. The van der Waals surface area contributed by atoms with Crippen molar-refractivity contribution < 1.29 is 23.4 Å². The van der Waals surface area contributed by atoms with Crippen LogP contribution in [-0.4, -0.2) is 35.6 Å². The summed E-state index contributed by atoms with van der Waals surface area (Å²) in [6.07, 6.45) is 1.27. The molecule has 0 saturated carbocycles. The lowest BCUT2D eigenvalue weighted by molar-refractivity contribution is -0.138. The largest absolute Gasteiger partial charge is 0.505 e. The minimum absolute atomic E-state index is 0.0322. The first kappa shape index (κ1) is 24.4. The molecule has 1 atom stereocenters. The predicted molar refractivity (Wildman–Crippen MR) is 132 cm³/mol. The monoisotopic (exact) mass is 538 g/mol. The molecule has 0 aliphatic heterocycles. The van der Waals surface area contributed by atoms with Crippen LogP contribution >= 0.6 is 34.8 Å². The van der Waals surface area contributed by atoms with Crippen LogP contribution in [0.2, 0.25) is 15.1 Å². The zero-order chi connectivity index (χ0) is 24.8. The van der Waals surface area contributed by atoms with Crippen LogP contribution < -0.4 is 5.73 Å². The predicted octanol–water partition coefficient (Wildman–Crippen LogP) is 5.29. The first-order chi connectivity index (χ1) is 16.0. The van der Waals surface area contributed by atoms with Gasteiger partial charge in [-0.25, -0.2) is 8.42 Å². The molecular formula is C23H17Cl3N2O5S. The number of H-pyrrole nitrogens is 1. The van der Waals surface area contributed by atoms with Gasteiger partial charge in [-0.05, 0) is 60.0 Å². The molecule has 5 N–H and O–H groups in total. The van der Waals surface area contributed by atoms with E-state index in [9.17, 15) is 23.4 Å². The van der Waals surface area contributed by atoms with Crippen molar-refractivity contribution in [1.29, 1.82) is 0 Å². The van der Waals surface area contributed by atoms with Crippen LogP contribution in [0.3, 0.4) is 0 Å². The summed E-state index contributed by atoms with van der Waals surface area (Å²) in [6, 6.07) is 10.9. The number of phenols is 1. The number of aromatic amines is 1. The molecular weight excluding hydrogens is 523 g/mol. The van der Waals surface area contributed by atoms with Gasteiger partial charge in [0.15, 0.2) is 5.75 Å². The molecule has 176 valence electrons. The maximum atomic E-state index is 13.3. The molecule has 34 heavy (non-hydrogen) atoms. The van der Waals surface area contributed by atoms with Crippen molar-refractivity contribution in [2.75, 3.05) is 0 Å². The van der Waals surface area contributed by atoms with Crippen LogP contribution in [0.4, 0.5) is 0 Å². The number of nitrogens with two attached hydrogens (primary N) is 1. The van der Waals surface area contributed by atoms with E-state index in [1.807, 2.05) is 0 Å². The van der Waals surface area contributed by atoms with E-state index in [1.165, 1.54) is 36.5 Å². The number of carboxylic acids is 1. The highest BCUT2D eigenvalue weighted by Gasteiger charge is 2.24. The number of aliphatic carboxylic acids is 1. The Labute approximate surface area is 209 Å². The van der Waals surface area contributed by atoms with Gasteiger partial charge in [0.2, 0.25) is 9.84 Å². The molecule has 0 unspecified atom stereocenters. The molecule has 0 spiro atoms. The fourth-order valence-electron chi connectivity index (χ4n) is 3.67. The number of phenolic OH excluding ortho intramolecular Hbond substituents is 1. The van der Waals surface area contributed by atoms with Crippen LogP contribution in [0.5, 0.6) is 5.75 Å². The van der Waals surface area contributed by atoms with E-state index in [0.29, 0.717) is 32.6 Å². The van der Waals surface area contributed by atoms with Gasteiger partial charge in [-0.15, -0.1) is 0 Å². The number of aromatic hydroxyl groups is 1. The molecule has 0 amide bonds. The van der Waals surface area contributed by atoms with Gasteiger partial charge in [0.05, 0.1) is 19.8 Å². The van der Waals surface area contributed by atoms with E-state index < -0.39 is 21.8 Å². The van der Waals surface area contributed by atoms with Gasteiger partial charge in [0.25, 0.3) is 0 Å². The zero-order valence-corrected chi connectivity index (χ0v) is 20.3. The second kappa shape index (κ2) is 9.13. The molecule has 0 saturated heterocycles. The molecule has 4 aromatic rings. The molecule has 0 bridgehead atoms. The smallest absolute Gasteiger partial charge is 0.320 e. The Hall–Kier alpha value is -2.75. The maximum Gasteiger partial charge on any atom is 0.320 e. The number of fused-ring (bicyclic) bond motifs is 1. The number of rotatable bonds is 6. The van der Waals surface area contributed by atoms with Crippen molar-refractivity contribution in [1.82, 2.24) is 4.98 Å². The number of nitrogens with one attached hydrogen (secondary N) is 1. The third kappa shape index (κ3) is 4.35. The van der Waals surface area contributed by atoms with Crippen molar-refractivity contribution in [3.05, 3.63) is 75.4 Å². The standard InChI is InChI=1S/C23H17Cl3N2O5S/c24-13-2-4-14(5-3-13)34(32,33)19-10-28-18-6-1-11(7-15(18)19)20-12(9-17(27)23(30)31)8-16(25)22(29)21(20)26/h1-8,10,17,28-29H,9,27H2,(H,30,31)/t17-/m0/s1. The molecule has 0 radical (unpaired) electrons. The number of carboxylic acid groups (broad SMARTS) is 1. The quantitative estimate of drug-likeness (QED) is 0.263. The summed E-state index contributed by atoms with van der Waals surface area (Å²) in [5.74, 6) is -1.60. The Morgan fingerprint density at radius 1 is 1.06 bits per heavy atom. The zero-order valence-electron chi connectivity index (χ0n) is 17.2. The summed E-state index contributed by atoms with van der Waals surface area (Å²) >= 11 is 18.4. The lowest BCUT2D eigenvalue weighted by atomic mass is 9.94. The van der Waals surface area contributed by atoms with Crippen molar-refractivity contribution in [3.8, 4) is 16.9 Å². The van der Waals surface area contributed by atoms with Gasteiger partial charge < -0.3 is 20.9 Å². The Balaban J connectivity index is 1.91. The summed E-state index contributed by atoms with van der Waals surface area (Å²) in [4.78, 5) is 14.4. The highest BCUT2D eigenvalue weighted by atomic mass is 35.5. The molecule has 1 aromatic heterocycles. The third-order valence-electron chi connectivity index (χ3n) is 5.38. The number of carbonyl (C=O) groups is 1. The molecule has 7 nitrogen and oxygen atoms in total. The number of hydrogen-bond donors (Lipinski definition) is 4. The van der Waals surface area contributed by atoms with E-state index >= 15 is 0 Å². The number of aromatic nitrogens is 1. The summed E-state index contributed by atoms with van der Waals surface area (Å²) in [5.41, 5.74) is 7.41. The topological polar surface area (TPSA) is 133 Å². The number of halogens is 3. The molecule has 4 rings (SSSR count). The van der Waals surface area contributed by atoms with Crippen molar-refractivity contribution in [2.24, 2.45) is 5.73 Å². The van der Waals surface area contributed by atoms with Crippen LogP contribution in [0, 0.1) is 0 Å². The first-order valence-electron chi connectivity index (χ1n) is 9.81. The lowest BCUT2D eigenvalue weighted by Gasteiger charge is -2.16. The van der Waals surface area contributed by atoms with Crippen molar-refractivity contribution in [2.45, 2.75) is 22.3 Å². The van der Waals surface area contributed by atoms with Gasteiger partial charge >= 0.3 is 5.97 Å². The maximum absolute atomic E-state index is 13.3. The number of sulfone groups is 1. The Bertz CT molecular complexity index is 1530. The highest BCUT2D eigenvalue weighted by molar-refractivity contribution is 7.91. The van der Waals surface area contributed by atoms with E-state index in [-0.39, 0.29) is 32.0 Å². The highest BCUT2D eigenvalue weighted by Crippen LogP contribution is 2.43. The van der Waals surface area contributed by atoms with E-state index in [4.69, 9.17) is 40.5 Å². The molecule has 0 fully saturated rings. The summed E-state index contributed by atoms with van der Waals surface area (Å²) in [7, 11) is -3.89. The minimum atomic E-state index is -3.89. The van der Waals surface area contributed by atoms with Crippen molar-refractivity contribution in [3.63, 3.8) is 0 Å². The minimum Gasteiger partial charge on any atom is -0.505 e. The Morgan fingerprint density at radius 3 is 2.38 bits per heavy atom. The molecule has 0 aliphatic carbocycles. The van der Waals surface area contributed by atoms with E-state index in [2.05, 4.69) is 4.98 Å². The van der Waals surface area contributed by atoms with E-state index in [0.717, 1.165) is 0 Å². The number of hydrogen-bond acceptors (Lipinski definition) is 5. The fourth-order valence-corrected chi connectivity index (χ4v) is 5.82. The van der Waals surface area contributed by atoms with E-state index in [1.54, 1.807) is 18.2 Å². The second-order valence-corrected chi connectivity index (χ2v) is 10.7. The Morgan fingerprint density at radius 2 is 1.74 bits per heavy atom. The SMILES string of the molecule is N[C@@H](Cc1cc(Cl)c(O)c(Cl)c1-c1ccc2[nH]cc(S(=O)(=O)c3ccc(Cl)cc3)c2c1)C(=O)O. The summed E-state index contributed by atoms with van der Waals surface area (Å²) < 4.78 is 26.6.